The Bertz CT molecular complexity index is 1020. The molecule has 0 bridgehead atoms. The number of carbonyl (C=O) groups excluding carboxylic acids is 2. The number of hydrogen-bond donors (Lipinski definition) is 0. The Labute approximate surface area is 408 Å². The molecule has 0 spiro atoms. The molecule has 1 heterocycles. The number of unbranched alkanes of at least 4 members (excludes halogenated alkanes) is 40. The van der Waals surface area contributed by atoms with E-state index in [1.54, 1.807) is 4.90 Å². The first kappa shape index (κ1) is 61.9. The normalized spacial score (nSPS) is 14.1. The van der Waals surface area contributed by atoms with Gasteiger partial charge in [-0.25, -0.2) is 9.69 Å². The maximum Gasteiger partial charge on any atom is 0.329 e. The summed E-state index contributed by atoms with van der Waals surface area (Å²) in [5.74, 6) is 0.0965. The molecule has 1 rings (SSSR count). The molecule has 0 atom stereocenters. The Kier molecular flexibility index (Phi) is 43.1. The summed E-state index contributed by atoms with van der Waals surface area (Å²) in [5.41, 5.74) is -0.704. The lowest BCUT2D eigenvalue weighted by molar-refractivity contribution is -0.136. The summed E-state index contributed by atoms with van der Waals surface area (Å²) in [6.07, 6.45) is 60.1. The molecule has 6 heteroatoms. The van der Waals surface area contributed by atoms with Crippen LogP contribution < -0.4 is 0 Å². The molecule has 386 valence electrons. The number of hydrogen-bond acceptors (Lipinski definition) is 4. The van der Waals surface area contributed by atoms with Gasteiger partial charge in [0.15, 0.2) is 0 Å². The van der Waals surface area contributed by atoms with Crippen molar-refractivity contribution in [3.05, 3.63) is 0 Å². The molecule has 1 saturated heterocycles. The van der Waals surface area contributed by atoms with E-state index in [-0.39, 0.29) is 11.9 Å². The summed E-state index contributed by atoms with van der Waals surface area (Å²) in [7, 11) is 4.32. The van der Waals surface area contributed by atoms with E-state index in [9.17, 15) is 9.59 Å². The zero-order valence-electron chi connectivity index (χ0n) is 45.5. The van der Waals surface area contributed by atoms with E-state index in [4.69, 9.17) is 0 Å². The highest BCUT2D eigenvalue weighted by Crippen LogP contribution is 2.38. The molecule has 0 radical (unpaired) electrons. The Balaban J connectivity index is 2.66. The second-order valence-corrected chi connectivity index (χ2v) is 21.6. The zero-order valence-corrected chi connectivity index (χ0v) is 45.5. The molecule has 1 aliphatic heterocycles. The van der Waals surface area contributed by atoms with Crippen molar-refractivity contribution in [1.29, 1.82) is 0 Å². The molecule has 65 heavy (non-hydrogen) atoms. The van der Waals surface area contributed by atoms with Gasteiger partial charge in [0.25, 0.3) is 5.91 Å². The average molecular weight is 916 g/mol. The molecule has 3 amide bonds. The molecule has 0 saturated carbocycles. The largest absolute Gasteiger partial charge is 0.329 e. The van der Waals surface area contributed by atoms with Crippen LogP contribution in [-0.2, 0) is 4.79 Å². The fraction of sp³-hybridized carbons (Fsp3) is 0.966. The van der Waals surface area contributed by atoms with Gasteiger partial charge in [-0.15, -0.1) is 0 Å². The van der Waals surface area contributed by atoms with Gasteiger partial charge in [-0.2, -0.15) is 0 Å². The number of rotatable bonds is 52. The Morgan fingerprint density at radius 1 is 0.323 bits per heavy atom. The molecule has 0 N–H and O–H groups in total. The molecular weight excluding hydrogens is 797 g/mol. The molecule has 0 aromatic rings. The summed E-state index contributed by atoms with van der Waals surface area (Å²) in [4.78, 5) is 37.8. The monoisotopic (exact) mass is 915 g/mol. The summed E-state index contributed by atoms with van der Waals surface area (Å²) < 4.78 is 0. The van der Waals surface area contributed by atoms with Gasteiger partial charge in [0.1, 0.15) is 5.54 Å². The summed E-state index contributed by atoms with van der Waals surface area (Å²) >= 11 is 0. The molecule has 6 nitrogen and oxygen atoms in total. The van der Waals surface area contributed by atoms with E-state index >= 15 is 0 Å². The smallest absolute Gasteiger partial charge is 0.297 e. The van der Waals surface area contributed by atoms with Crippen molar-refractivity contribution in [2.75, 3.05) is 40.5 Å². The number of nitrogens with zero attached hydrogens (tertiary/aromatic N) is 4. The first-order valence-electron chi connectivity index (χ1n) is 29.9. The van der Waals surface area contributed by atoms with Gasteiger partial charge in [-0.3, -0.25) is 19.5 Å². The standard InChI is InChI=1S/C59H118N4O2/c1-7-11-15-19-23-25-27-29-31-33-35-37-39-41-45-49-53-60(5)55-62-57(64)59(51-47-43-21-17-13-9-3,52-48-44-22-18-14-10-4)63(58(62)65)56-61(6)54-50-46-42-40-38-36-34-32-30-28-26-24-20-16-12-8-2/h7-56H2,1-6H3. The molecule has 0 unspecified atom stereocenters. The van der Waals surface area contributed by atoms with Gasteiger partial charge in [0.2, 0.25) is 0 Å². The molecule has 0 aliphatic carbocycles. The lowest BCUT2D eigenvalue weighted by atomic mass is 9.84. The summed E-state index contributed by atoms with van der Waals surface area (Å²) in [6.45, 7) is 12.1. The van der Waals surface area contributed by atoms with Gasteiger partial charge < -0.3 is 0 Å². The van der Waals surface area contributed by atoms with Crippen LogP contribution in [0.5, 0.6) is 0 Å². The van der Waals surface area contributed by atoms with Crippen LogP contribution in [0.15, 0.2) is 0 Å². The van der Waals surface area contributed by atoms with Crippen LogP contribution in [0.4, 0.5) is 4.79 Å². The van der Waals surface area contributed by atoms with E-state index in [1.807, 2.05) is 0 Å². The first-order chi connectivity index (χ1) is 31.9. The van der Waals surface area contributed by atoms with E-state index in [0.29, 0.717) is 13.3 Å². The lowest BCUT2D eigenvalue weighted by Crippen LogP contribution is -2.53. The average Bonchev–Trinajstić information content (AvgIpc) is 3.48. The van der Waals surface area contributed by atoms with Crippen LogP contribution in [0, 0.1) is 0 Å². The van der Waals surface area contributed by atoms with Crippen LogP contribution in [0.1, 0.15) is 323 Å². The summed E-state index contributed by atoms with van der Waals surface area (Å²) in [6, 6.07) is -0.0374. The quantitative estimate of drug-likeness (QED) is 0.0451. The van der Waals surface area contributed by atoms with Crippen molar-refractivity contribution < 1.29 is 9.59 Å². The van der Waals surface area contributed by atoms with Gasteiger partial charge in [-0.1, -0.05) is 297 Å². The number of amides is 3. The minimum absolute atomic E-state index is 0.0374. The van der Waals surface area contributed by atoms with Crippen molar-refractivity contribution >= 4 is 11.9 Å². The van der Waals surface area contributed by atoms with Crippen LogP contribution >= 0.6 is 0 Å². The number of carbonyl (C=O) groups is 2. The lowest BCUT2D eigenvalue weighted by Gasteiger charge is -2.38. The minimum atomic E-state index is -0.704. The molecule has 1 fully saturated rings. The maximum atomic E-state index is 14.9. The highest BCUT2D eigenvalue weighted by atomic mass is 16.2. The van der Waals surface area contributed by atoms with Crippen LogP contribution in [0.25, 0.3) is 0 Å². The second kappa shape index (κ2) is 45.3. The Morgan fingerprint density at radius 2 is 0.554 bits per heavy atom. The van der Waals surface area contributed by atoms with E-state index in [1.165, 1.54) is 250 Å². The predicted octanol–water partition coefficient (Wildman–Crippen LogP) is 18.8. The highest BCUT2D eigenvalue weighted by molar-refractivity contribution is 6.07. The third kappa shape index (κ3) is 32.3. The third-order valence-corrected chi connectivity index (χ3v) is 15.1. The van der Waals surface area contributed by atoms with Gasteiger partial charge in [-0.05, 0) is 52.9 Å². The second-order valence-electron chi connectivity index (χ2n) is 21.6. The molecule has 0 aromatic heterocycles. The van der Waals surface area contributed by atoms with E-state index < -0.39 is 5.54 Å². The molecule has 0 aromatic carbocycles. The zero-order chi connectivity index (χ0) is 47.3. The molecular formula is C59H118N4O2. The third-order valence-electron chi connectivity index (χ3n) is 15.1. The topological polar surface area (TPSA) is 47.1 Å². The summed E-state index contributed by atoms with van der Waals surface area (Å²) in [5, 5.41) is 0. The molecule has 1 aliphatic rings. The van der Waals surface area contributed by atoms with Crippen molar-refractivity contribution in [3.8, 4) is 0 Å². The maximum absolute atomic E-state index is 14.9. The SMILES string of the molecule is CCCCCCCCCCCCCCCCCCN(C)CN1C(=O)N(CN(C)CCCCCCCCCCCCCCCCCC)C(CCCCCCCC)(CCCCCCCC)C1=O. The van der Waals surface area contributed by atoms with Crippen LogP contribution in [0.3, 0.4) is 0 Å². The van der Waals surface area contributed by atoms with Gasteiger partial charge in [0.05, 0.1) is 13.3 Å². The van der Waals surface area contributed by atoms with E-state index in [2.05, 4.69) is 56.5 Å². The van der Waals surface area contributed by atoms with Gasteiger partial charge >= 0.3 is 6.03 Å². The fourth-order valence-corrected chi connectivity index (χ4v) is 10.6. The highest BCUT2D eigenvalue weighted by Gasteiger charge is 2.56. The number of urea groups is 1. The predicted molar refractivity (Wildman–Crippen MR) is 287 cm³/mol. The van der Waals surface area contributed by atoms with Crippen molar-refractivity contribution in [2.24, 2.45) is 0 Å². The van der Waals surface area contributed by atoms with Crippen molar-refractivity contribution in [1.82, 2.24) is 19.6 Å². The Hall–Kier alpha value is -1.14. The van der Waals surface area contributed by atoms with Gasteiger partial charge in [0, 0.05) is 0 Å². The first-order valence-corrected chi connectivity index (χ1v) is 29.9. The van der Waals surface area contributed by atoms with E-state index in [0.717, 1.165) is 58.0 Å². The minimum Gasteiger partial charge on any atom is -0.297 e. The van der Waals surface area contributed by atoms with Crippen molar-refractivity contribution in [3.63, 3.8) is 0 Å². The van der Waals surface area contributed by atoms with Crippen molar-refractivity contribution in [2.45, 2.75) is 329 Å². The Morgan fingerprint density at radius 3 is 0.831 bits per heavy atom. The number of imide groups is 1. The van der Waals surface area contributed by atoms with Crippen LogP contribution in [0.2, 0.25) is 0 Å². The van der Waals surface area contributed by atoms with Crippen LogP contribution in [-0.4, -0.2) is 77.6 Å². The fourth-order valence-electron chi connectivity index (χ4n) is 10.6.